The Balaban J connectivity index is 1.96. The number of aromatic nitrogens is 4. The number of Topliss-reactive ketones (excluding diaryl/α,β-unsaturated/α-hetero) is 1. The predicted octanol–water partition coefficient (Wildman–Crippen LogP) is 3.20. The normalized spacial score (nSPS) is 14.6. The van der Waals surface area contributed by atoms with E-state index in [2.05, 4.69) is 16.3 Å². The van der Waals surface area contributed by atoms with Crippen LogP contribution in [0, 0.1) is 0 Å². The monoisotopic (exact) mass is 294 g/mol. The van der Waals surface area contributed by atoms with Crippen molar-refractivity contribution in [2.75, 3.05) is 0 Å². The van der Waals surface area contributed by atoms with Gasteiger partial charge in [0.1, 0.15) is 0 Å². The van der Waals surface area contributed by atoms with E-state index in [1.807, 2.05) is 41.6 Å². The number of pyridine rings is 1. The number of carbonyl (C=O) groups is 1. The summed E-state index contributed by atoms with van der Waals surface area (Å²) in [6.45, 7) is 1.89. The number of nitrogens with zero attached hydrogens (tertiary/aromatic N) is 4. The summed E-state index contributed by atoms with van der Waals surface area (Å²) in [5.74, 6) is 0.675. The molecule has 0 aromatic carbocycles. The first-order valence-corrected chi connectivity index (χ1v) is 7.72. The highest BCUT2D eigenvalue weighted by Crippen LogP contribution is 2.44. The molecule has 0 saturated heterocycles. The van der Waals surface area contributed by atoms with Crippen molar-refractivity contribution >= 4 is 11.3 Å². The van der Waals surface area contributed by atoms with E-state index < -0.39 is 0 Å². The van der Waals surface area contributed by atoms with Gasteiger partial charge in [0, 0.05) is 36.7 Å². The van der Waals surface area contributed by atoms with Crippen molar-refractivity contribution < 1.29 is 4.79 Å². The number of fused-ring (bicyclic) bond motifs is 1. The molecule has 112 valence electrons. The minimum Gasteiger partial charge on any atom is -0.294 e. The minimum atomic E-state index is 0.144. The molecule has 0 radical (unpaired) electrons. The van der Waals surface area contributed by atoms with Crippen LogP contribution in [0.5, 0.6) is 0 Å². The van der Waals surface area contributed by atoms with Crippen LogP contribution in [0.15, 0.2) is 30.7 Å². The van der Waals surface area contributed by atoms with Gasteiger partial charge >= 0.3 is 0 Å². The predicted molar refractivity (Wildman–Crippen MR) is 84.0 cm³/mol. The first-order valence-electron chi connectivity index (χ1n) is 7.72. The third-order valence-corrected chi connectivity index (χ3v) is 4.32. The second-order valence-corrected chi connectivity index (χ2v) is 5.94. The van der Waals surface area contributed by atoms with Crippen molar-refractivity contribution in [1.29, 1.82) is 0 Å². The Labute approximate surface area is 128 Å². The summed E-state index contributed by atoms with van der Waals surface area (Å²) in [5.41, 5.74) is 5.12. The smallest absolute Gasteiger partial charge is 0.166 e. The van der Waals surface area contributed by atoms with Crippen LogP contribution >= 0.6 is 0 Å². The van der Waals surface area contributed by atoms with Crippen LogP contribution in [0.2, 0.25) is 0 Å². The average Bonchev–Trinajstić information content (AvgIpc) is 3.13. The zero-order valence-corrected chi connectivity index (χ0v) is 12.8. The summed E-state index contributed by atoms with van der Waals surface area (Å²) in [6.07, 6.45) is 8.49. The van der Waals surface area contributed by atoms with Crippen LogP contribution < -0.4 is 0 Å². The molecule has 0 atom stereocenters. The second-order valence-electron chi connectivity index (χ2n) is 5.94. The Morgan fingerprint density at radius 3 is 2.73 bits per heavy atom. The fourth-order valence-corrected chi connectivity index (χ4v) is 3.03. The van der Waals surface area contributed by atoms with E-state index >= 15 is 0 Å². The summed E-state index contributed by atoms with van der Waals surface area (Å²) in [6, 6.07) is 4.11. The van der Waals surface area contributed by atoms with Gasteiger partial charge in [-0.05, 0) is 18.9 Å². The Morgan fingerprint density at radius 1 is 1.27 bits per heavy atom. The molecule has 1 saturated carbocycles. The fraction of sp³-hybridized carbons (Fsp3) is 0.353. The largest absolute Gasteiger partial charge is 0.294 e. The van der Waals surface area contributed by atoms with Crippen molar-refractivity contribution in [3.8, 4) is 11.1 Å². The lowest BCUT2D eigenvalue weighted by Gasteiger charge is -2.10. The number of rotatable bonds is 4. The molecule has 0 spiro atoms. The second kappa shape index (κ2) is 4.80. The molecular weight excluding hydrogens is 276 g/mol. The molecule has 3 aromatic rings. The van der Waals surface area contributed by atoms with E-state index in [1.165, 1.54) is 24.1 Å². The first kappa shape index (κ1) is 13.2. The lowest BCUT2D eigenvalue weighted by Crippen LogP contribution is -2.01. The number of hydrogen-bond acceptors (Lipinski definition) is 3. The van der Waals surface area contributed by atoms with Crippen LogP contribution in [0.25, 0.3) is 16.6 Å². The van der Waals surface area contributed by atoms with E-state index in [0.29, 0.717) is 12.3 Å². The van der Waals surface area contributed by atoms with Crippen molar-refractivity contribution in [1.82, 2.24) is 19.4 Å². The third-order valence-electron chi connectivity index (χ3n) is 4.32. The van der Waals surface area contributed by atoms with Gasteiger partial charge in [-0.2, -0.15) is 10.2 Å². The number of carbonyl (C=O) groups excluding carboxylic acids is 1. The molecule has 1 fully saturated rings. The van der Waals surface area contributed by atoms with Crippen molar-refractivity contribution in [2.45, 2.75) is 32.1 Å². The molecule has 22 heavy (non-hydrogen) atoms. The molecule has 3 heterocycles. The number of hydrogen-bond donors (Lipinski definition) is 0. The Kier molecular flexibility index (Phi) is 2.89. The molecule has 0 unspecified atom stereocenters. The molecule has 3 aromatic heterocycles. The number of aryl methyl sites for hydroxylation is 1. The zero-order valence-electron chi connectivity index (χ0n) is 12.8. The maximum atomic E-state index is 12.1. The molecule has 1 aliphatic rings. The Bertz CT molecular complexity index is 870. The van der Waals surface area contributed by atoms with Crippen LogP contribution in [-0.2, 0) is 7.05 Å². The Hall–Kier alpha value is -2.43. The first-order chi connectivity index (χ1) is 10.7. The molecule has 5 nitrogen and oxygen atoms in total. The van der Waals surface area contributed by atoms with Crippen molar-refractivity contribution in [2.24, 2.45) is 7.05 Å². The SMILES string of the molecule is CCC(=O)c1cnn2c(C3CC3)c(-c3cnn(C)c3)ccc12. The van der Waals surface area contributed by atoms with Crippen molar-refractivity contribution in [3.05, 3.63) is 42.0 Å². The summed E-state index contributed by atoms with van der Waals surface area (Å²) in [4.78, 5) is 12.1. The Morgan fingerprint density at radius 2 is 2.09 bits per heavy atom. The molecule has 0 N–H and O–H groups in total. The third kappa shape index (κ3) is 1.96. The van der Waals surface area contributed by atoms with E-state index in [-0.39, 0.29) is 5.78 Å². The van der Waals surface area contributed by atoms with Gasteiger partial charge in [0.25, 0.3) is 0 Å². The highest BCUT2D eigenvalue weighted by molar-refractivity contribution is 6.02. The summed E-state index contributed by atoms with van der Waals surface area (Å²) < 4.78 is 3.77. The van der Waals surface area contributed by atoms with Crippen molar-refractivity contribution in [3.63, 3.8) is 0 Å². The molecule has 1 aliphatic carbocycles. The molecule has 4 rings (SSSR count). The van der Waals surface area contributed by atoms with E-state index in [9.17, 15) is 4.79 Å². The summed E-state index contributed by atoms with van der Waals surface area (Å²) in [7, 11) is 1.92. The van der Waals surface area contributed by atoms with Crippen LogP contribution in [0.4, 0.5) is 0 Å². The highest BCUT2D eigenvalue weighted by atomic mass is 16.1. The lowest BCUT2D eigenvalue weighted by atomic mass is 10.0. The number of ketones is 1. The fourth-order valence-electron chi connectivity index (χ4n) is 3.03. The zero-order chi connectivity index (χ0) is 15.3. The molecule has 0 amide bonds. The van der Waals surface area contributed by atoms with Gasteiger partial charge in [0.15, 0.2) is 5.78 Å². The van der Waals surface area contributed by atoms with E-state index in [0.717, 1.165) is 16.6 Å². The van der Waals surface area contributed by atoms with Gasteiger partial charge in [0.2, 0.25) is 0 Å². The van der Waals surface area contributed by atoms with Gasteiger partial charge in [-0.15, -0.1) is 0 Å². The maximum Gasteiger partial charge on any atom is 0.166 e. The minimum absolute atomic E-state index is 0.144. The van der Waals surface area contributed by atoms with Gasteiger partial charge in [-0.25, -0.2) is 4.52 Å². The average molecular weight is 294 g/mol. The maximum absolute atomic E-state index is 12.1. The van der Waals surface area contributed by atoms with Crippen LogP contribution in [0.1, 0.15) is 48.2 Å². The van der Waals surface area contributed by atoms with E-state index in [1.54, 1.807) is 6.20 Å². The molecule has 0 aliphatic heterocycles. The molecule has 0 bridgehead atoms. The van der Waals surface area contributed by atoms with Crippen LogP contribution in [0.3, 0.4) is 0 Å². The molecular formula is C17H18N4O. The lowest BCUT2D eigenvalue weighted by molar-refractivity contribution is 0.0989. The van der Waals surface area contributed by atoms with Gasteiger partial charge in [-0.3, -0.25) is 9.48 Å². The topological polar surface area (TPSA) is 52.2 Å². The standard InChI is InChI=1S/C17H18N4O/c1-3-16(22)14-9-19-21-15(14)7-6-13(17(21)11-4-5-11)12-8-18-20(2)10-12/h6-11H,3-5H2,1-2H3. The van der Waals surface area contributed by atoms with Crippen LogP contribution in [-0.4, -0.2) is 25.2 Å². The highest BCUT2D eigenvalue weighted by Gasteiger charge is 2.30. The summed E-state index contributed by atoms with van der Waals surface area (Å²) in [5, 5.41) is 8.78. The molecule has 5 heteroatoms. The summed E-state index contributed by atoms with van der Waals surface area (Å²) >= 11 is 0. The van der Waals surface area contributed by atoms with E-state index in [4.69, 9.17) is 0 Å². The quantitative estimate of drug-likeness (QED) is 0.694. The van der Waals surface area contributed by atoms with Gasteiger partial charge in [-0.1, -0.05) is 13.0 Å². The van der Waals surface area contributed by atoms with Gasteiger partial charge < -0.3 is 0 Å². The van der Waals surface area contributed by atoms with Gasteiger partial charge in [0.05, 0.1) is 29.2 Å².